The molecule has 0 saturated carbocycles. The number of amides is 1. The first-order chi connectivity index (χ1) is 11.0. The van der Waals surface area contributed by atoms with Gasteiger partial charge in [-0.2, -0.15) is 0 Å². The van der Waals surface area contributed by atoms with Gasteiger partial charge in [-0.25, -0.2) is 0 Å². The average molecular weight is 310 g/mol. The van der Waals surface area contributed by atoms with Crippen LogP contribution < -0.4 is 4.74 Å². The van der Waals surface area contributed by atoms with E-state index in [0.717, 1.165) is 22.4 Å². The number of allylic oxidation sites excluding steroid dienone is 1. The zero-order chi connectivity index (χ0) is 16.8. The van der Waals surface area contributed by atoms with Crippen LogP contribution in [0.1, 0.15) is 31.0 Å². The molecule has 2 rings (SSSR count). The predicted molar refractivity (Wildman–Crippen MR) is 92.1 cm³/mol. The minimum Gasteiger partial charge on any atom is -0.496 e. The second-order valence-electron chi connectivity index (χ2n) is 5.44. The van der Waals surface area contributed by atoms with Crippen LogP contribution in [0, 0.1) is 0 Å². The van der Waals surface area contributed by atoms with Crippen molar-refractivity contribution in [1.82, 2.24) is 9.88 Å². The average Bonchev–Trinajstić information content (AvgIpc) is 2.60. The third-order valence-corrected chi connectivity index (χ3v) is 3.97. The van der Waals surface area contributed by atoms with Crippen LogP contribution in [0.4, 0.5) is 0 Å². The molecule has 0 radical (unpaired) electrons. The summed E-state index contributed by atoms with van der Waals surface area (Å²) in [7, 11) is 3.43. The van der Waals surface area contributed by atoms with Gasteiger partial charge in [-0.3, -0.25) is 9.78 Å². The SMILES string of the molecule is COc1ccccc1/C(C)=C\C(=O)N(C)[C@H](C)c1cccnc1. The van der Waals surface area contributed by atoms with Crippen LogP contribution >= 0.6 is 0 Å². The molecule has 2 aromatic rings. The smallest absolute Gasteiger partial charge is 0.247 e. The van der Waals surface area contributed by atoms with E-state index in [1.165, 1.54) is 0 Å². The molecule has 0 aliphatic heterocycles. The van der Waals surface area contributed by atoms with Crippen molar-refractivity contribution < 1.29 is 9.53 Å². The maximum Gasteiger partial charge on any atom is 0.247 e. The van der Waals surface area contributed by atoms with E-state index < -0.39 is 0 Å². The van der Waals surface area contributed by atoms with E-state index in [4.69, 9.17) is 4.74 Å². The van der Waals surface area contributed by atoms with Crippen molar-refractivity contribution >= 4 is 11.5 Å². The molecule has 0 bridgehead atoms. The number of methoxy groups -OCH3 is 1. The van der Waals surface area contributed by atoms with E-state index >= 15 is 0 Å². The van der Waals surface area contributed by atoms with Crippen LogP contribution in [0.2, 0.25) is 0 Å². The molecule has 4 nitrogen and oxygen atoms in total. The monoisotopic (exact) mass is 310 g/mol. The quantitative estimate of drug-likeness (QED) is 0.791. The van der Waals surface area contributed by atoms with Gasteiger partial charge in [-0.15, -0.1) is 0 Å². The van der Waals surface area contributed by atoms with E-state index in [2.05, 4.69) is 4.98 Å². The number of aromatic nitrogens is 1. The highest BCUT2D eigenvalue weighted by atomic mass is 16.5. The van der Waals surface area contributed by atoms with E-state index in [1.807, 2.05) is 50.2 Å². The van der Waals surface area contributed by atoms with Gasteiger partial charge in [-0.05, 0) is 37.1 Å². The molecule has 0 spiro atoms. The van der Waals surface area contributed by atoms with Crippen molar-refractivity contribution in [3.8, 4) is 5.75 Å². The van der Waals surface area contributed by atoms with Crippen molar-refractivity contribution in [1.29, 1.82) is 0 Å². The van der Waals surface area contributed by atoms with Gasteiger partial charge < -0.3 is 9.64 Å². The normalized spacial score (nSPS) is 12.6. The largest absolute Gasteiger partial charge is 0.496 e. The molecule has 0 fully saturated rings. The summed E-state index contributed by atoms with van der Waals surface area (Å²) < 4.78 is 5.35. The second-order valence-corrected chi connectivity index (χ2v) is 5.44. The maximum absolute atomic E-state index is 12.5. The molecule has 4 heteroatoms. The maximum atomic E-state index is 12.5. The summed E-state index contributed by atoms with van der Waals surface area (Å²) in [5, 5.41) is 0. The zero-order valence-electron chi connectivity index (χ0n) is 14.0. The number of hydrogen-bond acceptors (Lipinski definition) is 3. The van der Waals surface area contributed by atoms with Crippen LogP contribution in [0.25, 0.3) is 5.57 Å². The molecule has 0 saturated heterocycles. The lowest BCUT2D eigenvalue weighted by molar-refractivity contribution is -0.126. The number of para-hydroxylation sites is 1. The fourth-order valence-electron chi connectivity index (χ4n) is 2.37. The molecule has 0 aliphatic rings. The highest BCUT2D eigenvalue weighted by molar-refractivity contribution is 5.95. The Bertz CT molecular complexity index is 696. The van der Waals surface area contributed by atoms with Crippen LogP contribution in [0.15, 0.2) is 54.9 Å². The molecule has 1 aromatic heterocycles. The number of nitrogens with zero attached hydrogens (tertiary/aromatic N) is 2. The third-order valence-electron chi connectivity index (χ3n) is 3.97. The Kier molecular flexibility index (Phi) is 5.52. The standard InChI is InChI=1S/C19H22N2O2/c1-14(17-9-5-6-10-18(17)23-4)12-19(22)21(3)15(2)16-8-7-11-20-13-16/h5-13,15H,1-4H3/b14-12-/t15-/m1/s1. The minimum atomic E-state index is -0.0511. The van der Waals surface area contributed by atoms with Gasteiger partial charge in [0.25, 0.3) is 0 Å². The Morgan fingerprint density at radius 2 is 2.00 bits per heavy atom. The van der Waals surface area contributed by atoms with Crippen LogP contribution in [0.5, 0.6) is 5.75 Å². The number of carbonyl (C=O) groups excluding carboxylic acids is 1. The Morgan fingerprint density at radius 1 is 1.26 bits per heavy atom. The van der Waals surface area contributed by atoms with Gasteiger partial charge in [0.1, 0.15) is 5.75 Å². The summed E-state index contributed by atoms with van der Waals surface area (Å²) in [5.74, 6) is 0.710. The molecule has 0 aliphatic carbocycles. The molecule has 0 N–H and O–H groups in total. The number of rotatable bonds is 5. The van der Waals surface area contributed by atoms with Crippen molar-refractivity contribution in [3.63, 3.8) is 0 Å². The summed E-state index contributed by atoms with van der Waals surface area (Å²) in [6.07, 6.45) is 5.15. The molecule has 1 amide bonds. The Morgan fingerprint density at radius 3 is 2.65 bits per heavy atom. The molecule has 120 valence electrons. The first-order valence-electron chi connectivity index (χ1n) is 7.53. The molecule has 23 heavy (non-hydrogen) atoms. The van der Waals surface area contributed by atoms with Crippen LogP contribution in [-0.2, 0) is 4.79 Å². The summed E-state index contributed by atoms with van der Waals surface area (Å²) in [6.45, 7) is 3.90. The third kappa shape index (κ3) is 3.97. The number of hydrogen-bond donors (Lipinski definition) is 0. The Balaban J connectivity index is 2.19. The number of ether oxygens (including phenoxy) is 1. The zero-order valence-corrected chi connectivity index (χ0v) is 14.0. The minimum absolute atomic E-state index is 0.0436. The van der Waals surface area contributed by atoms with E-state index in [1.54, 1.807) is 37.5 Å². The van der Waals surface area contributed by atoms with Gasteiger partial charge >= 0.3 is 0 Å². The number of pyridine rings is 1. The Hall–Kier alpha value is -2.62. The van der Waals surface area contributed by atoms with Crippen LogP contribution in [-0.4, -0.2) is 29.9 Å². The highest BCUT2D eigenvalue weighted by Crippen LogP contribution is 2.26. The molecule has 1 atom stereocenters. The molecular formula is C19H22N2O2. The lowest BCUT2D eigenvalue weighted by Crippen LogP contribution is -2.28. The van der Waals surface area contributed by atoms with Gasteiger partial charge in [0.05, 0.1) is 13.2 Å². The number of benzene rings is 1. The summed E-state index contributed by atoms with van der Waals surface area (Å²) in [4.78, 5) is 18.3. The van der Waals surface area contributed by atoms with E-state index in [0.29, 0.717) is 0 Å². The summed E-state index contributed by atoms with van der Waals surface area (Å²) in [6, 6.07) is 11.5. The Labute approximate surface area is 137 Å². The summed E-state index contributed by atoms with van der Waals surface area (Å²) in [5.41, 5.74) is 2.80. The number of likely N-dealkylation sites (N-methyl/N-ethyl adjacent to an activating group) is 1. The van der Waals surface area contributed by atoms with E-state index in [9.17, 15) is 4.79 Å². The van der Waals surface area contributed by atoms with Gasteiger partial charge in [0, 0.05) is 31.1 Å². The molecular weight excluding hydrogens is 288 g/mol. The van der Waals surface area contributed by atoms with Crippen molar-refractivity contribution in [2.75, 3.05) is 14.2 Å². The van der Waals surface area contributed by atoms with Crippen molar-refractivity contribution in [3.05, 3.63) is 66.0 Å². The second kappa shape index (κ2) is 7.58. The van der Waals surface area contributed by atoms with E-state index in [-0.39, 0.29) is 11.9 Å². The van der Waals surface area contributed by atoms with Gasteiger partial charge in [0.15, 0.2) is 0 Å². The molecule has 1 heterocycles. The van der Waals surface area contributed by atoms with Gasteiger partial charge in [-0.1, -0.05) is 24.3 Å². The molecule has 0 unspecified atom stereocenters. The molecule has 1 aromatic carbocycles. The fraction of sp³-hybridized carbons (Fsp3) is 0.263. The van der Waals surface area contributed by atoms with Gasteiger partial charge in [0.2, 0.25) is 5.91 Å². The number of carbonyl (C=O) groups is 1. The van der Waals surface area contributed by atoms with Crippen molar-refractivity contribution in [2.24, 2.45) is 0 Å². The lowest BCUT2D eigenvalue weighted by atomic mass is 10.1. The highest BCUT2D eigenvalue weighted by Gasteiger charge is 2.16. The fourth-order valence-corrected chi connectivity index (χ4v) is 2.37. The lowest BCUT2D eigenvalue weighted by Gasteiger charge is -2.24. The first kappa shape index (κ1) is 16.7. The van der Waals surface area contributed by atoms with Crippen molar-refractivity contribution in [2.45, 2.75) is 19.9 Å². The predicted octanol–water partition coefficient (Wildman–Crippen LogP) is 3.71. The topological polar surface area (TPSA) is 42.4 Å². The summed E-state index contributed by atoms with van der Waals surface area (Å²) >= 11 is 0. The van der Waals surface area contributed by atoms with Crippen LogP contribution in [0.3, 0.4) is 0 Å². The first-order valence-corrected chi connectivity index (χ1v) is 7.53.